The number of benzene rings is 1. The Labute approximate surface area is 164 Å². The average Bonchev–Trinajstić information content (AvgIpc) is 3.23. The van der Waals surface area contributed by atoms with Gasteiger partial charge in [-0.15, -0.1) is 0 Å². The van der Waals surface area contributed by atoms with Crippen LogP contribution in [0.5, 0.6) is 0 Å². The Balaban J connectivity index is 1.52. The van der Waals surface area contributed by atoms with E-state index in [4.69, 9.17) is 9.15 Å². The Kier molecular flexibility index (Phi) is 5.02. The fourth-order valence-electron chi connectivity index (χ4n) is 2.81. The van der Waals surface area contributed by atoms with Gasteiger partial charge in [-0.3, -0.25) is 4.79 Å². The Bertz CT molecular complexity index is 913. The number of amides is 1. The van der Waals surface area contributed by atoms with Crippen molar-refractivity contribution >= 4 is 44.8 Å². The highest BCUT2D eigenvalue weighted by molar-refractivity contribution is 9.10. The number of morpholine rings is 1. The first kappa shape index (κ1) is 17.6. The number of thioether (sulfide) groups is 1. The SMILES string of the molecule is Cc1ccc(-c2ccc(C=C3SC(N4CCOCC4)=NC3=O)o2)c(Br)c1. The maximum absolute atomic E-state index is 12.2. The molecule has 0 atom stereocenters. The van der Waals surface area contributed by atoms with Crippen molar-refractivity contribution in [1.82, 2.24) is 4.90 Å². The summed E-state index contributed by atoms with van der Waals surface area (Å²) in [6, 6.07) is 9.89. The topological polar surface area (TPSA) is 55.0 Å². The van der Waals surface area contributed by atoms with Crippen molar-refractivity contribution in [2.45, 2.75) is 6.92 Å². The lowest BCUT2D eigenvalue weighted by atomic mass is 10.1. The molecule has 2 aliphatic rings. The van der Waals surface area contributed by atoms with Crippen LogP contribution in [0.15, 0.2) is 49.1 Å². The highest BCUT2D eigenvalue weighted by Crippen LogP contribution is 2.34. The van der Waals surface area contributed by atoms with Gasteiger partial charge in [0, 0.05) is 29.2 Å². The number of ether oxygens (including phenoxy) is 1. The van der Waals surface area contributed by atoms with Gasteiger partial charge in [0.15, 0.2) is 5.17 Å². The lowest BCUT2D eigenvalue weighted by Gasteiger charge is -2.27. The number of furan rings is 1. The second-order valence-electron chi connectivity index (χ2n) is 6.09. The van der Waals surface area contributed by atoms with E-state index in [1.54, 1.807) is 6.08 Å². The second-order valence-corrected chi connectivity index (χ2v) is 7.96. The van der Waals surface area contributed by atoms with Crippen LogP contribution in [-0.4, -0.2) is 42.3 Å². The van der Waals surface area contributed by atoms with E-state index in [-0.39, 0.29) is 5.91 Å². The summed E-state index contributed by atoms with van der Waals surface area (Å²) in [6.45, 7) is 4.90. The number of amidine groups is 1. The van der Waals surface area contributed by atoms with Gasteiger partial charge in [0.05, 0.1) is 18.1 Å². The molecule has 1 amide bonds. The average molecular weight is 433 g/mol. The van der Waals surface area contributed by atoms with Crippen LogP contribution in [0.4, 0.5) is 0 Å². The number of hydrogen-bond acceptors (Lipinski definition) is 5. The van der Waals surface area contributed by atoms with Crippen molar-refractivity contribution in [3.8, 4) is 11.3 Å². The molecular weight excluding hydrogens is 416 g/mol. The molecule has 0 radical (unpaired) electrons. The zero-order valence-electron chi connectivity index (χ0n) is 14.2. The fourth-order valence-corrected chi connectivity index (χ4v) is 4.45. The van der Waals surface area contributed by atoms with Crippen molar-refractivity contribution in [3.05, 3.63) is 51.0 Å². The molecule has 1 aromatic heterocycles. The molecule has 2 aliphatic heterocycles. The van der Waals surface area contributed by atoms with Crippen LogP contribution >= 0.6 is 27.7 Å². The van der Waals surface area contributed by atoms with Gasteiger partial charge < -0.3 is 14.1 Å². The third-order valence-corrected chi connectivity index (χ3v) is 5.88. The molecule has 0 aliphatic carbocycles. The Morgan fingerprint density at radius 1 is 1.23 bits per heavy atom. The van der Waals surface area contributed by atoms with Crippen LogP contribution in [0.3, 0.4) is 0 Å². The summed E-state index contributed by atoms with van der Waals surface area (Å²) < 4.78 is 12.3. The summed E-state index contributed by atoms with van der Waals surface area (Å²) in [4.78, 5) is 19.1. The van der Waals surface area contributed by atoms with E-state index in [9.17, 15) is 4.79 Å². The van der Waals surface area contributed by atoms with Crippen molar-refractivity contribution in [3.63, 3.8) is 0 Å². The normalized spacial score (nSPS) is 19.3. The molecule has 0 spiro atoms. The summed E-state index contributed by atoms with van der Waals surface area (Å²) in [5.41, 5.74) is 2.16. The van der Waals surface area contributed by atoms with E-state index in [0.717, 1.165) is 34.1 Å². The molecule has 0 N–H and O–H groups in total. The predicted octanol–water partition coefficient (Wildman–Crippen LogP) is 4.32. The predicted molar refractivity (Wildman–Crippen MR) is 107 cm³/mol. The molecule has 26 heavy (non-hydrogen) atoms. The number of halogens is 1. The van der Waals surface area contributed by atoms with Crippen LogP contribution in [0.25, 0.3) is 17.4 Å². The Morgan fingerprint density at radius 3 is 2.81 bits per heavy atom. The lowest BCUT2D eigenvalue weighted by molar-refractivity contribution is -0.113. The molecule has 1 fully saturated rings. The van der Waals surface area contributed by atoms with E-state index in [2.05, 4.69) is 31.9 Å². The van der Waals surface area contributed by atoms with Crippen molar-refractivity contribution < 1.29 is 13.9 Å². The number of aryl methyl sites for hydroxylation is 1. The molecule has 4 rings (SSSR count). The quantitative estimate of drug-likeness (QED) is 0.661. The van der Waals surface area contributed by atoms with Crippen molar-refractivity contribution in [1.29, 1.82) is 0 Å². The van der Waals surface area contributed by atoms with Crippen LogP contribution < -0.4 is 0 Å². The lowest BCUT2D eigenvalue weighted by Crippen LogP contribution is -2.38. The van der Waals surface area contributed by atoms with E-state index in [1.165, 1.54) is 17.3 Å². The summed E-state index contributed by atoms with van der Waals surface area (Å²) in [7, 11) is 0. The van der Waals surface area contributed by atoms with E-state index in [1.807, 2.05) is 31.2 Å². The molecule has 3 heterocycles. The van der Waals surface area contributed by atoms with Gasteiger partial charge in [0.2, 0.25) is 0 Å². The summed E-state index contributed by atoms with van der Waals surface area (Å²) >= 11 is 4.97. The van der Waals surface area contributed by atoms with E-state index >= 15 is 0 Å². The van der Waals surface area contributed by atoms with Crippen molar-refractivity contribution in [2.75, 3.05) is 26.3 Å². The van der Waals surface area contributed by atoms with Gasteiger partial charge in [0.25, 0.3) is 5.91 Å². The third-order valence-electron chi connectivity index (χ3n) is 4.18. The number of nitrogens with zero attached hydrogens (tertiary/aromatic N) is 2. The number of rotatable bonds is 2. The third kappa shape index (κ3) is 3.65. The van der Waals surface area contributed by atoms with Crippen molar-refractivity contribution in [2.24, 2.45) is 4.99 Å². The van der Waals surface area contributed by atoms with Gasteiger partial charge in [-0.2, -0.15) is 4.99 Å². The first-order valence-electron chi connectivity index (χ1n) is 8.32. The maximum Gasteiger partial charge on any atom is 0.286 e. The number of aliphatic imine (C=N–C) groups is 1. The van der Waals surface area contributed by atoms with Crippen LogP contribution in [0.1, 0.15) is 11.3 Å². The number of carbonyl (C=O) groups excluding carboxylic acids is 1. The second kappa shape index (κ2) is 7.42. The van der Waals surface area contributed by atoms with Gasteiger partial charge in [-0.1, -0.05) is 22.0 Å². The fraction of sp³-hybridized carbons (Fsp3) is 0.263. The van der Waals surface area contributed by atoms with Gasteiger partial charge >= 0.3 is 0 Å². The zero-order valence-corrected chi connectivity index (χ0v) is 16.6. The number of hydrogen-bond donors (Lipinski definition) is 0. The molecular formula is C19H17BrN2O3S. The van der Waals surface area contributed by atoms with Gasteiger partial charge in [0.1, 0.15) is 11.5 Å². The summed E-state index contributed by atoms with van der Waals surface area (Å²) in [6.07, 6.45) is 1.76. The highest BCUT2D eigenvalue weighted by atomic mass is 79.9. The molecule has 0 unspecified atom stereocenters. The smallest absolute Gasteiger partial charge is 0.286 e. The van der Waals surface area contributed by atoms with Crippen LogP contribution in [-0.2, 0) is 9.53 Å². The van der Waals surface area contributed by atoms with Crippen LogP contribution in [0, 0.1) is 6.92 Å². The Morgan fingerprint density at radius 2 is 2.04 bits per heavy atom. The van der Waals surface area contributed by atoms with Gasteiger partial charge in [-0.05, 0) is 48.5 Å². The minimum absolute atomic E-state index is 0.217. The van der Waals surface area contributed by atoms with E-state index < -0.39 is 0 Å². The van der Waals surface area contributed by atoms with Crippen LogP contribution in [0.2, 0.25) is 0 Å². The number of carbonyl (C=O) groups is 1. The highest BCUT2D eigenvalue weighted by Gasteiger charge is 2.27. The minimum atomic E-state index is -0.217. The molecule has 2 aromatic rings. The first-order valence-corrected chi connectivity index (χ1v) is 9.93. The summed E-state index contributed by atoms with van der Waals surface area (Å²) in [5, 5.41) is 0.748. The Hall–Kier alpha value is -1.83. The molecule has 0 saturated carbocycles. The largest absolute Gasteiger partial charge is 0.457 e. The molecule has 1 aromatic carbocycles. The minimum Gasteiger partial charge on any atom is -0.457 e. The maximum atomic E-state index is 12.2. The van der Waals surface area contributed by atoms with E-state index in [0.29, 0.717) is 23.9 Å². The monoisotopic (exact) mass is 432 g/mol. The zero-order chi connectivity index (χ0) is 18.1. The first-order chi connectivity index (χ1) is 12.6. The molecule has 5 nitrogen and oxygen atoms in total. The molecule has 0 bridgehead atoms. The van der Waals surface area contributed by atoms with Gasteiger partial charge in [-0.25, -0.2) is 0 Å². The molecule has 7 heteroatoms. The summed E-state index contributed by atoms with van der Waals surface area (Å²) in [5.74, 6) is 1.18. The molecule has 134 valence electrons. The molecule has 1 saturated heterocycles. The standard InChI is InChI=1S/C19H17BrN2O3S/c1-12-2-4-14(15(20)10-12)16-5-3-13(25-16)11-17-18(23)21-19(26-17)22-6-8-24-9-7-22/h2-5,10-11H,6-9H2,1H3.